The van der Waals surface area contributed by atoms with E-state index in [1.54, 1.807) is 6.20 Å². The number of aromatic amines is 1. The molecule has 14 heteroatoms. The molecule has 0 aliphatic carbocycles. The van der Waals surface area contributed by atoms with Gasteiger partial charge in [0.2, 0.25) is 17.7 Å². The number of carboxylic acids is 2. The van der Waals surface area contributed by atoms with Gasteiger partial charge >= 0.3 is 11.9 Å². The number of hydrogen-bond acceptors (Lipinski definition) is 8. The Bertz CT molecular complexity index is 1430. The van der Waals surface area contributed by atoms with Crippen molar-refractivity contribution in [3.8, 4) is 5.75 Å². The number of para-hydroxylation sites is 1. The van der Waals surface area contributed by atoms with Crippen LogP contribution in [0.4, 0.5) is 0 Å². The smallest absolute Gasteiger partial charge is 0.326 e. The number of hydrogen-bond donors (Lipinski definition) is 9. The van der Waals surface area contributed by atoms with Crippen molar-refractivity contribution in [1.29, 1.82) is 0 Å². The van der Waals surface area contributed by atoms with E-state index in [-0.39, 0.29) is 30.8 Å². The highest BCUT2D eigenvalue weighted by Gasteiger charge is 2.31. The molecule has 13 nitrogen and oxygen atoms in total. The van der Waals surface area contributed by atoms with E-state index < -0.39 is 60.2 Å². The van der Waals surface area contributed by atoms with Crippen molar-refractivity contribution in [3.63, 3.8) is 0 Å². The number of rotatable bonds is 15. The highest BCUT2D eigenvalue weighted by molar-refractivity contribution is 7.80. The first-order valence-electron chi connectivity index (χ1n) is 13.0. The molecular weight excluding hydrogens is 566 g/mol. The molecule has 0 bridgehead atoms. The number of aromatic hydroxyl groups is 1. The van der Waals surface area contributed by atoms with Crippen molar-refractivity contribution in [2.24, 2.45) is 5.73 Å². The summed E-state index contributed by atoms with van der Waals surface area (Å²) in [7, 11) is 0. The number of carboxylic acid groups (broad SMARTS) is 2. The van der Waals surface area contributed by atoms with E-state index in [0.29, 0.717) is 11.1 Å². The second-order valence-corrected chi connectivity index (χ2v) is 10.0. The summed E-state index contributed by atoms with van der Waals surface area (Å²) in [6.45, 7) is 0. The molecule has 0 aliphatic rings. The molecule has 0 aliphatic heterocycles. The van der Waals surface area contributed by atoms with Crippen LogP contribution < -0.4 is 21.7 Å². The third kappa shape index (κ3) is 8.97. The van der Waals surface area contributed by atoms with Gasteiger partial charge in [0.25, 0.3) is 0 Å². The maximum atomic E-state index is 13.6. The van der Waals surface area contributed by atoms with Crippen LogP contribution in [0, 0.1) is 0 Å². The van der Waals surface area contributed by atoms with E-state index in [0.717, 1.165) is 10.9 Å². The zero-order valence-corrected chi connectivity index (χ0v) is 23.3. The molecule has 4 atom stereocenters. The zero-order chi connectivity index (χ0) is 30.8. The molecule has 1 heterocycles. The lowest BCUT2D eigenvalue weighted by Crippen LogP contribution is -2.58. The minimum atomic E-state index is -1.53. The number of carbonyl (C=O) groups is 5. The van der Waals surface area contributed by atoms with E-state index in [9.17, 15) is 34.2 Å². The van der Waals surface area contributed by atoms with Crippen LogP contribution in [0.2, 0.25) is 0 Å². The summed E-state index contributed by atoms with van der Waals surface area (Å²) in [6.07, 6.45) is 0.751. The Labute approximate surface area is 246 Å². The van der Waals surface area contributed by atoms with E-state index in [4.69, 9.17) is 10.8 Å². The molecule has 9 N–H and O–H groups in total. The number of aromatic nitrogens is 1. The van der Waals surface area contributed by atoms with Gasteiger partial charge in [-0.25, -0.2) is 4.79 Å². The lowest BCUT2D eigenvalue weighted by atomic mass is 10.0. The molecular formula is C28H33N5O8S. The van der Waals surface area contributed by atoms with Gasteiger partial charge in [0.15, 0.2) is 0 Å². The molecule has 0 saturated heterocycles. The van der Waals surface area contributed by atoms with Gasteiger partial charge in [-0.3, -0.25) is 19.2 Å². The van der Waals surface area contributed by atoms with Gasteiger partial charge in [0, 0.05) is 42.1 Å². The van der Waals surface area contributed by atoms with E-state index in [2.05, 4.69) is 33.6 Å². The topological polar surface area (TPSA) is 224 Å². The molecule has 3 aromatic rings. The quantitative estimate of drug-likeness (QED) is 0.110. The van der Waals surface area contributed by atoms with Crippen LogP contribution in [0.5, 0.6) is 5.75 Å². The van der Waals surface area contributed by atoms with Crippen molar-refractivity contribution in [2.75, 3.05) is 5.75 Å². The number of phenols is 1. The first-order valence-corrected chi connectivity index (χ1v) is 13.7. The molecule has 0 radical (unpaired) electrons. The zero-order valence-electron chi connectivity index (χ0n) is 22.4. The van der Waals surface area contributed by atoms with Crippen LogP contribution >= 0.6 is 12.6 Å². The predicted molar refractivity (Wildman–Crippen MR) is 156 cm³/mol. The Morgan fingerprint density at radius 2 is 1.43 bits per heavy atom. The summed E-state index contributed by atoms with van der Waals surface area (Å²) in [5.41, 5.74) is 7.87. The van der Waals surface area contributed by atoms with Crippen LogP contribution in [0.3, 0.4) is 0 Å². The maximum absolute atomic E-state index is 13.6. The second kappa shape index (κ2) is 14.9. The number of H-pyrrole nitrogens is 1. The fourth-order valence-corrected chi connectivity index (χ4v) is 4.40. The molecule has 3 amide bonds. The lowest BCUT2D eigenvalue weighted by Gasteiger charge is -2.25. The highest BCUT2D eigenvalue weighted by atomic mass is 32.1. The van der Waals surface area contributed by atoms with Crippen molar-refractivity contribution in [3.05, 3.63) is 65.9 Å². The Hall–Kier alpha value is -4.56. The summed E-state index contributed by atoms with van der Waals surface area (Å²) in [5, 5.41) is 36.4. The molecule has 4 unspecified atom stereocenters. The maximum Gasteiger partial charge on any atom is 0.326 e. The first kappa shape index (κ1) is 32.0. The van der Waals surface area contributed by atoms with Gasteiger partial charge in [-0.2, -0.15) is 12.6 Å². The number of nitrogens with two attached hydrogens (primary N) is 1. The summed E-state index contributed by atoms with van der Waals surface area (Å²) in [4.78, 5) is 65.4. The van der Waals surface area contributed by atoms with Gasteiger partial charge in [0.05, 0.1) is 6.04 Å². The number of benzene rings is 2. The summed E-state index contributed by atoms with van der Waals surface area (Å²) in [5.74, 6) is -4.93. The summed E-state index contributed by atoms with van der Waals surface area (Å²) >= 11 is 4.04. The molecule has 0 saturated carbocycles. The molecule has 2 aromatic carbocycles. The minimum Gasteiger partial charge on any atom is -0.508 e. The monoisotopic (exact) mass is 599 g/mol. The average molecular weight is 600 g/mol. The summed E-state index contributed by atoms with van der Waals surface area (Å²) < 4.78 is 0. The molecule has 0 fully saturated rings. The Balaban J connectivity index is 1.89. The number of amides is 3. The van der Waals surface area contributed by atoms with Crippen LogP contribution in [-0.2, 0) is 36.8 Å². The largest absolute Gasteiger partial charge is 0.508 e. The van der Waals surface area contributed by atoms with Crippen LogP contribution in [-0.4, -0.2) is 79.9 Å². The average Bonchev–Trinajstić information content (AvgIpc) is 3.37. The first-order chi connectivity index (χ1) is 20.0. The van der Waals surface area contributed by atoms with Crippen molar-refractivity contribution >= 4 is 53.2 Å². The Morgan fingerprint density at radius 1 is 0.833 bits per heavy atom. The van der Waals surface area contributed by atoms with Gasteiger partial charge in [-0.05, 0) is 35.7 Å². The predicted octanol–water partition coefficient (Wildman–Crippen LogP) is 0.320. The van der Waals surface area contributed by atoms with Gasteiger partial charge in [-0.1, -0.05) is 30.3 Å². The second-order valence-electron chi connectivity index (χ2n) is 9.68. The molecule has 224 valence electrons. The third-order valence-electron chi connectivity index (χ3n) is 6.54. The number of fused-ring (bicyclic) bond motifs is 1. The third-order valence-corrected chi connectivity index (χ3v) is 6.93. The van der Waals surface area contributed by atoms with Crippen LogP contribution in [0.25, 0.3) is 10.9 Å². The number of phenolic OH excluding ortho intramolecular Hbond substituents is 1. The number of carbonyl (C=O) groups excluding carboxylic acids is 3. The van der Waals surface area contributed by atoms with Crippen LogP contribution in [0.1, 0.15) is 24.0 Å². The molecule has 0 spiro atoms. The van der Waals surface area contributed by atoms with Crippen LogP contribution in [0.15, 0.2) is 54.7 Å². The van der Waals surface area contributed by atoms with Gasteiger partial charge < -0.3 is 42.0 Å². The Morgan fingerprint density at radius 3 is 2.05 bits per heavy atom. The van der Waals surface area contributed by atoms with E-state index >= 15 is 0 Å². The number of nitrogens with one attached hydrogen (secondary N) is 4. The van der Waals surface area contributed by atoms with Crippen molar-refractivity contribution < 1.29 is 39.3 Å². The van der Waals surface area contributed by atoms with Crippen molar-refractivity contribution in [1.82, 2.24) is 20.9 Å². The number of thiol groups is 1. The normalized spacial score (nSPS) is 13.9. The number of aliphatic carboxylic acids is 2. The molecule has 3 rings (SSSR count). The minimum absolute atomic E-state index is 0.0199. The van der Waals surface area contributed by atoms with Crippen molar-refractivity contribution in [2.45, 2.75) is 49.9 Å². The van der Waals surface area contributed by atoms with Gasteiger partial charge in [0.1, 0.15) is 23.9 Å². The van der Waals surface area contributed by atoms with E-state index in [1.165, 1.54) is 24.3 Å². The SMILES string of the molecule is NC(CS)C(=O)NC(Cc1c[nH]c2ccccc12)C(=O)NC(Cc1ccc(O)cc1)C(=O)NC(CCC(=O)O)C(=O)O. The lowest BCUT2D eigenvalue weighted by molar-refractivity contribution is -0.143. The standard InChI is InChI=1S/C28H33N5O8S/c29-19(14-42)25(37)32-23(12-16-13-30-20-4-2-1-3-18(16)20)27(39)33-22(11-15-5-7-17(34)8-6-15)26(38)31-21(28(40)41)9-10-24(35)36/h1-8,13,19,21-23,30,34,42H,9-12,14,29H2,(H,31,38)(H,32,37)(H,33,39)(H,35,36)(H,40,41). The molecule has 1 aromatic heterocycles. The highest BCUT2D eigenvalue weighted by Crippen LogP contribution is 2.19. The fraction of sp³-hybridized carbons (Fsp3) is 0.321. The van der Waals surface area contributed by atoms with Gasteiger partial charge in [-0.15, -0.1) is 0 Å². The Kier molecular flexibility index (Phi) is 11.3. The van der Waals surface area contributed by atoms with E-state index in [1.807, 2.05) is 24.3 Å². The summed E-state index contributed by atoms with van der Waals surface area (Å²) in [6, 6.07) is 8.15. The molecule has 42 heavy (non-hydrogen) atoms. The fourth-order valence-electron chi connectivity index (χ4n) is 4.24.